The molecule has 0 amide bonds. The molecule has 0 saturated carbocycles. The van der Waals surface area contributed by atoms with Crippen molar-refractivity contribution in [2.75, 3.05) is 0 Å². The standard InChI is InChI=1S/C6H10O12S4/c7-19(8,9)5(20(10,11)12)3-1-2-4-6(21(13,14)15)22(16,17)18/h5-6H,3-4H2,(H,7,8,9)(H,10,11,12)(H,13,14,15)(H,16,17,18). The van der Waals surface area contributed by atoms with Crippen LogP contribution in [0.1, 0.15) is 12.8 Å². The first kappa shape index (κ1) is 21.2. The molecule has 0 unspecified atom stereocenters. The molecule has 0 heterocycles. The van der Waals surface area contributed by atoms with Crippen LogP contribution in [0.3, 0.4) is 0 Å². The fourth-order valence-electron chi connectivity index (χ4n) is 1.04. The lowest BCUT2D eigenvalue weighted by molar-refractivity contribution is 0.450. The highest BCUT2D eigenvalue weighted by atomic mass is 32.3. The summed E-state index contributed by atoms with van der Waals surface area (Å²) >= 11 is 0. The molecule has 0 aromatic heterocycles. The van der Waals surface area contributed by atoms with E-state index in [1.165, 1.54) is 0 Å². The molecular formula is C6H10O12S4. The van der Waals surface area contributed by atoms with Crippen LogP contribution in [0.4, 0.5) is 0 Å². The molecule has 0 aliphatic carbocycles. The molecule has 0 fully saturated rings. The van der Waals surface area contributed by atoms with E-state index in [2.05, 4.69) is 0 Å². The van der Waals surface area contributed by atoms with Crippen molar-refractivity contribution in [1.82, 2.24) is 0 Å². The Morgan fingerprint density at radius 3 is 0.864 bits per heavy atom. The third-order valence-corrected chi connectivity index (χ3v) is 8.23. The Hall–Kier alpha value is -0.800. The molecular weight excluding hydrogens is 392 g/mol. The van der Waals surface area contributed by atoms with Crippen LogP contribution < -0.4 is 0 Å². The first-order chi connectivity index (χ1) is 9.47. The molecule has 0 atom stereocenters. The third kappa shape index (κ3) is 6.97. The predicted octanol–water partition coefficient (Wildman–Crippen LogP) is -2.03. The van der Waals surface area contributed by atoms with E-state index in [-0.39, 0.29) is 0 Å². The summed E-state index contributed by atoms with van der Waals surface area (Å²) in [6.45, 7) is 0. The molecule has 22 heavy (non-hydrogen) atoms. The largest absolute Gasteiger partial charge is 0.285 e. The smallest absolute Gasteiger partial charge is 0.284 e. The van der Waals surface area contributed by atoms with Gasteiger partial charge in [-0.15, -0.1) is 11.8 Å². The molecule has 0 radical (unpaired) electrons. The highest BCUT2D eigenvalue weighted by molar-refractivity contribution is 8.04. The Kier molecular flexibility index (Phi) is 6.51. The van der Waals surface area contributed by atoms with Gasteiger partial charge in [-0.25, -0.2) is 0 Å². The summed E-state index contributed by atoms with van der Waals surface area (Å²) in [5.74, 6) is 3.39. The molecule has 0 spiro atoms. The number of hydrogen-bond donors (Lipinski definition) is 4. The van der Waals surface area contributed by atoms with E-state index in [1.807, 2.05) is 0 Å². The Balaban J connectivity index is 5.36. The molecule has 0 aromatic carbocycles. The third-order valence-electron chi connectivity index (χ3n) is 1.99. The quantitative estimate of drug-likeness (QED) is 0.279. The van der Waals surface area contributed by atoms with Crippen molar-refractivity contribution in [1.29, 1.82) is 0 Å². The molecule has 12 nitrogen and oxygen atoms in total. The second-order valence-electron chi connectivity index (χ2n) is 3.68. The van der Waals surface area contributed by atoms with Gasteiger partial charge in [0, 0.05) is 12.8 Å². The van der Waals surface area contributed by atoms with E-state index in [9.17, 15) is 33.7 Å². The normalized spacial score (nSPS) is 13.9. The molecule has 0 aromatic rings. The van der Waals surface area contributed by atoms with Crippen LogP contribution >= 0.6 is 0 Å². The summed E-state index contributed by atoms with van der Waals surface area (Å²) in [5, 5.41) is 0. The summed E-state index contributed by atoms with van der Waals surface area (Å²) in [4.78, 5) is 0. The van der Waals surface area contributed by atoms with Gasteiger partial charge in [0.2, 0.25) is 9.16 Å². The summed E-state index contributed by atoms with van der Waals surface area (Å²) < 4.78 is 114. The van der Waals surface area contributed by atoms with Gasteiger partial charge in [0.05, 0.1) is 0 Å². The van der Waals surface area contributed by atoms with Gasteiger partial charge in [-0.05, 0) is 0 Å². The monoisotopic (exact) mass is 402 g/mol. The van der Waals surface area contributed by atoms with Crippen LogP contribution in [-0.4, -0.2) is 61.0 Å². The molecule has 130 valence electrons. The molecule has 0 rings (SSSR count). The second-order valence-corrected chi connectivity index (χ2v) is 10.7. The average molecular weight is 402 g/mol. The van der Waals surface area contributed by atoms with Crippen LogP contribution in [0.25, 0.3) is 0 Å². The summed E-state index contributed by atoms with van der Waals surface area (Å²) in [7, 11) is -21.0. The van der Waals surface area contributed by atoms with Gasteiger partial charge < -0.3 is 0 Å². The van der Waals surface area contributed by atoms with Crippen LogP contribution in [0.15, 0.2) is 0 Å². The second kappa shape index (κ2) is 6.76. The fraction of sp³-hybridized carbons (Fsp3) is 0.667. The maximum atomic E-state index is 10.7. The SMILES string of the molecule is O=S(=O)(O)C(CC#CCC(S(=O)(=O)O)S(=O)(=O)O)S(=O)(=O)O. The van der Waals surface area contributed by atoms with Crippen molar-refractivity contribution in [2.45, 2.75) is 22.0 Å². The number of hydrogen-bond acceptors (Lipinski definition) is 8. The highest BCUT2D eigenvalue weighted by Gasteiger charge is 2.36. The highest BCUT2D eigenvalue weighted by Crippen LogP contribution is 2.12. The lowest BCUT2D eigenvalue weighted by atomic mass is 10.4. The Morgan fingerprint density at radius 1 is 0.545 bits per heavy atom. The van der Waals surface area contributed by atoms with E-state index in [0.717, 1.165) is 0 Å². The fourth-order valence-corrected chi connectivity index (χ4v) is 4.67. The Morgan fingerprint density at radius 2 is 0.727 bits per heavy atom. The van der Waals surface area contributed by atoms with Crippen LogP contribution in [0, 0.1) is 11.8 Å². The summed E-state index contributed by atoms with van der Waals surface area (Å²) in [5.41, 5.74) is 0. The van der Waals surface area contributed by atoms with Gasteiger partial charge in [-0.1, -0.05) is 0 Å². The van der Waals surface area contributed by atoms with Crippen LogP contribution in [0.2, 0.25) is 0 Å². The van der Waals surface area contributed by atoms with Crippen LogP contribution in [0.5, 0.6) is 0 Å². The van der Waals surface area contributed by atoms with Crippen molar-refractivity contribution in [3.05, 3.63) is 0 Å². The maximum absolute atomic E-state index is 10.7. The van der Waals surface area contributed by atoms with Gasteiger partial charge in [0.1, 0.15) is 0 Å². The molecule has 16 heteroatoms. The molecule has 0 aliphatic rings. The maximum Gasteiger partial charge on any atom is 0.285 e. The zero-order chi connectivity index (χ0) is 18.0. The van der Waals surface area contributed by atoms with Crippen LogP contribution in [-0.2, 0) is 40.5 Å². The first-order valence-electron chi connectivity index (χ1n) is 4.78. The Bertz CT molecular complexity index is 740. The minimum absolute atomic E-state index is 1.22. The zero-order valence-corrected chi connectivity index (χ0v) is 13.5. The minimum atomic E-state index is -5.26. The van der Waals surface area contributed by atoms with Gasteiger partial charge >= 0.3 is 0 Å². The molecule has 0 aliphatic heterocycles. The minimum Gasteiger partial charge on any atom is -0.284 e. The molecule has 0 saturated heterocycles. The van der Waals surface area contributed by atoms with Crippen molar-refractivity contribution in [3.63, 3.8) is 0 Å². The van der Waals surface area contributed by atoms with E-state index in [0.29, 0.717) is 0 Å². The van der Waals surface area contributed by atoms with Crippen molar-refractivity contribution >= 4 is 40.5 Å². The van der Waals surface area contributed by atoms with E-state index < -0.39 is 62.5 Å². The first-order valence-corrected chi connectivity index (χ1v) is 10.8. The lowest BCUT2D eigenvalue weighted by Crippen LogP contribution is -2.30. The zero-order valence-electron chi connectivity index (χ0n) is 10.3. The lowest BCUT2D eigenvalue weighted by Gasteiger charge is -2.07. The van der Waals surface area contributed by atoms with E-state index >= 15 is 0 Å². The van der Waals surface area contributed by atoms with Gasteiger partial charge in [-0.2, -0.15) is 33.7 Å². The van der Waals surface area contributed by atoms with E-state index in [1.54, 1.807) is 11.8 Å². The van der Waals surface area contributed by atoms with Gasteiger partial charge in [0.25, 0.3) is 40.5 Å². The van der Waals surface area contributed by atoms with Gasteiger partial charge in [0.15, 0.2) is 0 Å². The molecule has 4 N–H and O–H groups in total. The summed E-state index contributed by atoms with van der Waals surface area (Å²) in [6, 6.07) is 0. The van der Waals surface area contributed by atoms with Gasteiger partial charge in [-0.3, -0.25) is 18.2 Å². The van der Waals surface area contributed by atoms with Crippen molar-refractivity contribution in [2.24, 2.45) is 0 Å². The summed E-state index contributed by atoms with van der Waals surface area (Å²) in [6.07, 6.45) is -2.44. The average Bonchev–Trinajstić information content (AvgIpc) is 2.14. The van der Waals surface area contributed by atoms with Crippen molar-refractivity contribution < 1.29 is 51.9 Å². The Labute approximate surface area is 126 Å². The van der Waals surface area contributed by atoms with Crippen molar-refractivity contribution in [3.8, 4) is 11.8 Å². The molecule has 0 bridgehead atoms. The topological polar surface area (TPSA) is 217 Å². The van der Waals surface area contributed by atoms with E-state index in [4.69, 9.17) is 18.2 Å². The number of rotatable bonds is 6. The predicted molar refractivity (Wildman–Crippen MR) is 70.8 cm³/mol.